The molecule has 8 heteroatoms. The van der Waals surface area contributed by atoms with Gasteiger partial charge in [-0.25, -0.2) is 0 Å². The predicted octanol–water partition coefficient (Wildman–Crippen LogP) is 4.16. The van der Waals surface area contributed by atoms with Gasteiger partial charge in [0.25, 0.3) is 0 Å². The molecule has 2 aromatic carbocycles. The van der Waals surface area contributed by atoms with Crippen LogP contribution in [0, 0.1) is 0 Å². The molecule has 7 nitrogen and oxygen atoms in total. The molecule has 0 atom stereocenters. The zero-order valence-electron chi connectivity index (χ0n) is 18.5. The molecule has 3 rings (SSSR count). The maximum atomic E-state index is 5.78. The van der Waals surface area contributed by atoms with Crippen LogP contribution in [0.25, 0.3) is 0 Å². The van der Waals surface area contributed by atoms with E-state index in [0.29, 0.717) is 37.2 Å². The van der Waals surface area contributed by atoms with Crippen molar-refractivity contribution in [3.63, 3.8) is 0 Å². The molecule has 0 fully saturated rings. The van der Waals surface area contributed by atoms with E-state index in [1.54, 1.807) is 27.5 Å². The maximum absolute atomic E-state index is 5.78. The fourth-order valence-corrected chi connectivity index (χ4v) is 2.93. The number of aliphatic imine (C=N–C) groups is 1. The average molecular weight is 548 g/mol. The monoisotopic (exact) mass is 548 g/mol. The highest BCUT2D eigenvalue weighted by molar-refractivity contribution is 14.0. The number of hydrogen-bond donors (Lipinski definition) is 2. The Balaban J connectivity index is 0.00000363. The number of aromatic nitrogens is 1. The van der Waals surface area contributed by atoms with E-state index in [0.717, 1.165) is 22.6 Å². The molecule has 0 saturated heterocycles. The topological polar surface area (TPSA) is 77.0 Å². The van der Waals surface area contributed by atoms with Crippen molar-refractivity contribution in [2.24, 2.45) is 4.99 Å². The van der Waals surface area contributed by atoms with Crippen LogP contribution in [0.5, 0.6) is 17.2 Å². The molecule has 1 aromatic heterocycles. The molecule has 0 aliphatic rings. The Morgan fingerprint density at radius 2 is 1.56 bits per heavy atom. The number of benzene rings is 2. The Bertz CT molecular complexity index is 982. The Morgan fingerprint density at radius 1 is 0.875 bits per heavy atom. The van der Waals surface area contributed by atoms with Crippen molar-refractivity contribution in [1.82, 2.24) is 15.6 Å². The van der Waals surface area contributed by atoms with Gasteiger partial charge in [-0.3, -0.25) is 9.98 Å². The number of methoxy groups -OCH3 is 2. The fraction of sp³-hybridized carbons (Fsp3) is 0.250. The van der Waals surface area contributed by atoms with E-state index in [9.17, 15) is 0 Å². The number of rotatable bonds is 9. The fourth-order valence-electron chi connectivity index (χ4n) is 2.93. The third kappa shape index (κ3) is 7.60. The lowest BCUT2D eigenvalue weighted by molar-refractivity contribution is 0.301. The molecule has 3 aromatic rings. The highest BCUT2D eigenvalue weighted by Gasteiger charge is 2.06. The van der Waals surface area contributed by atoms with Crippen LogP contribution in [0.4, 0.5) is 0 Å². The van der Waals surface area contributed by atoms with Crippen LogP contribution in [0.1, 0.15) is 16.8 Å². The van der Waals surface area contributed by atoms with Gasteiger partial charge in [0, 0.05) is 26.3 Å². The van der Waals surface area contributed by atoms with Gasteiger partial charge in [0.2, 0.25) is 0 Å². The van der Waals surface area contributed by atoms with Crippen molar-refractivity contribution < 1.29 is 14.2 Å². The van der Waals surface area contributed by atoms with Gasteiger partial charge in [-0.2, -0.15) is 0 Å². The smallest absolute Gasteiger partial charge is 0.191 e. The number of ether oxygens (including phenoxy) is 3. The molecule has 0 amide bonds. The second kappa shape index (κ2) is 13.4. The highest BCUT2D eigenvalue weighted by atomic mass is 127. The minimum Gasteiger partial charge on any atom is -0.493 e. The van der Waals surface area contributed by atoms with E-state index < -0.39 is 0 Å². The van der Waals surface area contributed by atoms with Crippen molar-refractivity contribution in [1.29, 1.82) is 0 Å². The number of halogens is 1. The van der Waals surface area contributed by atoms with Crippen LogP contribution >= 0.6 is 24.0 Å². The summed E-state index contributed by atoms with van der Waals surface area (Å²) in [5, 5.41) is 6.62. The molecular weight excluding hydrogens is 519 g/mol. The van der Waals surface area contributed by atoms with Crippen molar-refractivity contribution in [3.8, 4) is 17.2 Å². The number of nitrogens with one attached hydrogen (secondary N) is 2. The molecule has 0 unspecified atom stereocenters. The van der Waals surface area contributed by atoms with Crippen molar-refractivity contribution in [2.75, 3.05) is 21.3 Å². The largest absolute Gasteiger partial charge is 0.493 e. The average Bonchev–Trinajstić information content (AvgIpc) is 2.84. The number of pyridine rings is 1. The van der Waals surface area contributed by atoms with Gasteiger partial charge in [-0.05, 0) is 47.5 Å². The minimum atomic E-state index is 0. The van der Waals surface area contributed by atoms with Gasteiger partial charge in [0.15, 0.2) is 17.5 Å². The molecule has 0 radical (unpaired) electrons. The lowest BCUT2D eigenvalue weighted by Crippen LogP contribution is -2.36. The predicted molar refractivity (Wildman–Crippen MR) is 137 cm³/mol. The van der Waals surface area contributed by atoms with Gasteiger partial charge in [-0.15, -0.1) is 24.0 Å². The molecule has 0 spiro atoms. The Morgan fingerprint density at radius 3 is 2.19 bits per heavy atom. The molecule has 1 heterocycles. The van der Waals surface area contributed by atoms with Gasteiger partial charge in [0.1, 0.15) is 12.4 Å². The Hall–Kier alpha value is -3.01. The quantitative estimate of drug-likeness (QED) is 0.238. The standard InChI is InChI=1S/C24H28N4O3.HI/c1-25-24(28-16-19-9-12-22(29-2)23(14-19)30-3)27-15-18-7-10-21(11-8-18)31-17-20-6-4-5-13-26-20;/h4-14H,15-17H2,1-3H3,(H2,25,27,28);1H. The summed E-state index contributed by atoms with van der Waals surface area (Å²) in [5.41, 5.74) is 3.09. The molecule has 0 aliphatic carbocycles. The second-order valence-corrected chi connectivity index (χ2v) is 6.72. The lowest BCUT2D eigenvalue weighted by atomic mass is 10.2. The highest BCUT2D eigenvalue weighted by Crippen LogP contribution is 2.27. The third-order valence-electron chi connectivity index (χ3n) is 4.63. The molecule has 170 valence electrons. The second-order valence-electron chi connectivity index (χ2n) is 6.72. The maximum Gasteiger partial charge on any atom is 0.191 e. The first kappa shape index (κ1) is 25.3. The summed E-state index contributed by atoms with van der Waals surface area (Å²) in [7, 11) is 5.00. The summed E-state index contributed by atoms with van der Waals surface area (Å²) in [6.07, 6.45) is 1.76. The molecule has 0 saturated carbocycles. The SMILES string of the molecule is CN=C(NCc1ccc(OCc2ccccn2)cc1)NCc1ccc(OC)c(OC)c1.I. The lowest BCUT2D eigenvalue weighted by Gasteiger charge is -2.14. The molecule has 2 N–H and O–H groups in total. The van der Waals surface area contributed by atoms with Crippen LogP contribution in [-0.4, -0.2) is 32.2 Å². The van der Waals surface area contributed by atoms with Crippen LogP contribution in [0.15, 0.2) is 71.9 Å². The first-order chi connectivity index (χ1) is 15.2. The van der Waals surface area contributed by atoms with Crippen LogP contribution in [-0.2, 0) is 19.7 Å². The van der Waals surface area contributed by atoms with E-state index in [4.69, 9.17) is 14.2 Å². The van der Waals surface area contributed by atoms with Gasteiger partial charge >= 0.3 is 0 Å². The summed E-state index contributed by atoms with van der Waals surface area (Å²) in [6.45, 7) is 1.71. The minimum absolute atomic E-state index is 0. The van der Waals surface area contributed by atoms with Crippen molar-refractivity contribution >= 4 is 29.9 Å². The van der Waals surface area contributed by atoms with E-state index in [2.05, 4.69) is 20.6 Å². The van der Waals surface area contributed by atoms with E-state index in [1.165, 1.54) is 0 Å². The van der Waals surface area contributed by atoms with Gasteiger partial charge in [0.05, 0.1) is 19.9 Å². The number of nitrogens with zero attached hydrogens (tertiary/aromatic N) is 2. The third-order valence-corrected chi connectivity index (χ3v) is 4.63. The van der Waals surface area contributed by atoms with Crippen molar-refractivity contribution in [3.05, 3.63) is 83.7 Å². The van der Waals surface area contributed by atoms with Gasteiger partial charge < -0.3 is 24.8 Å². The summed E-state index contributed by atoms with van der Waals surface area (Å²) < 4.78 is 16.4. The normalized spacial score (nSPS) is 10.7. The molecule has 0 bridgehead atoms. The zero-order chi connectivity index (χ0) is 21.9. The van der Waals surface area contributed by atoms with Crippen LogP contribution in [0.2, 0.25) is 0 Å². The number of hydrogen-bond acceptors (Lipinski definition) is 5. The summed E-state index contributed by atoms with van der Waals surface area (Å²) in [4.78, 5) is 8.54. The van der Waals surface area contributed by atoms with E-state index >= 15 is 0 Å². The first-order valence-electron chi connectivity index (χ1n) is 9.99. The van der Waals surface area contributed by atoms with Crippen molar-refractivity contribution in [2.45, 2.75) is 19.7 Å². The summed E-state index contributed by atoms with van der Waals surface area (Å²) in [6, 6.07) is 19.6. The molecular formula is C24H29IN4O3. The summed E-state index contributed by atoms with van der Waals surface area (Å²) in [5.74, 6) is 2.94. The Labute approximate surface area is 206 Å². The Kier molecular flexibility index (Phi) is 10.6. The van der Waals surface area contributed by atoms with E-state index in [1.807, 2.05) is 60.7 Å². The van der Waals surface area contributed by atoms with Gasteiger partial charge in [-0.1, -0.05) is 24.3 Å². The first-order valence-corrected chi connectivity index (χ1v) is 9.99. The summed E-state index contributed by atoms with van der Waals surface area (Å²) >= 11 is 0. The van der Waals surface area contributed by atoms with Crippen LogP contribution in [0.3, 0.4) is 0 Å². The molecule has 0 aliphatic heterocycles. The van der Waals surface area contributed by atoms with E-state index in [-0.39, 0.29) is 24.0 Å². The van der Waals surface area contributed by atoms with Crippen LogP contribution < -0.4 is 24.8 Å². The zero-order valence-corrected chi connectivity index (χ0v) is 20.8. The number of guanidine groups is 1. The molecule has 32 heavy (non-hydrogen) atoms.